The second kappa shape index (κ2) is 5.95. The summed E-state index contributed by atoms with van der Waals surface area (Å²) in [6.45, 7) is 0.0415. The molecule has 1 atom stereocenters. The summed E-state index contributed by atoms with van der Waals surface area (Å²) in [6, 6.07) is 4.36. The van der Waals surface area contributed by atoms with Gasteiger partial charge in [0.15, 0.2) is 11.6 Å². The molecule has 80 valence electrons. The quantitative estimate of drug-likeness (QED) is 0.869. The molecule has 5 heteroatoms. The highest BCUT2D eigenvalue weighted by Gasteiger charge is 2.14. The number of hydrogen-bond acceptors (Lipinski definition) is 3. The Labute approximate surface area is 92.5 Å². The minimum absolute atomic E-state index is 0. The zero-order valence-corrected chi connectivity index (χ0v) is 9.45. The summed E-state index contributed by atoms with van der Waals surface area (Å²) in [4.78, 5) is 0. The number of para-hydroxylation sites is 1. The molecule has 1 rings (SSSR count). The van der Waals surface area contributed by atoms with Crippen LogP contribution >= 0.6 is 17.0 Å². The van der Waals surface area contributed by atoms with Gasteiger partial charge in [0.05, 0.1) is 13.2 Å². The van der Waals surface area contributed by atoms with Gasteiger partial charge in [-0.2, -0.15) is 0 Å². The fraction of sp³-hybridized carbons (Fsp3) is 0.333. The Bertz CT molecular complexity index is 296. The van der Waals surface area contributed by atoms with Gasteiger partial charge in [-0.3, -0.25) is 0 Å². The Morgan fingerprint density at radius 3 is 2.71 bits per heavy atom. The Balaban J connectivity index is 0.00000169. The van der Waals surface area contributed by atoms with Crippen LogP contribution in [0.15, 0.2) is 18.2 Å². The van der Waals surface area contributed by atoms with Crippen LogP contribution in [0, 0.1) is 5.82 Å². The first-order chi connectivity index (χ1) is 6.20. The normalized spacial score (nSPS) is 11.7. The van der Waals surface area contributed by atoms with Crippen molar-refractivity contribution in [2.75, 3.05) is 13.7 Å². The molecule has 0 aliphatic carbocycles. The Hall–Kier alpha value is -0.650. The first kappa shape index (κ1) is 13.4. The predicted octanol–water partition coefficient (Wildman–Crippen LogP) is 1.40. The maximum absolute atomic E-state index is 13.1. The van der Waals surface area contributed by atoms with E-state index in [9.17, 15) is 9.50 Å². The lowest BCUT2D eigenvalue weighted by Gasteiger charge is -2.12. The highest BCUT2D eigenvalue weighted by Crippen LogP contribution is 2.27. The van der Waals surface area contributed by atoms with Crippen molar-refractivity contribution < 1.29 is 14.2 Å². The van der Waals surface area contributed by atoms with E-state index in [4.69, 9.17) is 10.5 Å². The lowest BCUT2D eigenvalue weighted by Crippen LogP contribution is -2.13. The molecule has 3 N–H and O–H groups in total. The standard InChI is InChI=1S/C9H12FNO2.BrH/c1-13-9-6(8(12)5-11)3-2-4-7(9)10;/h2-4,8,12H,5,11H2,1H3;1H. The molecule has 0 heterocycles. The number of methoxy groups -OCH3 is 1. The smallest absolute Gasteiger partial charge is 0.165 e. The summed E-state index contributed by atoms with van der Waals surface area (Å²) in [5, 5.41) is 9.39. The average Bonchev–Trinajstić information content (AvgIpc) is 2.16. The number of nitrogens with two attached hydrogens (primary N) is 1. The summed E-state index contributed by atoms with van der Waals surface area (Å²) < 4.78 is 17.9. The van der Waals surface area contributed by atoms with E-state index in [1.807, 2.05) is 0 Å². The number of halogens is 2. The number of rotatable bonds is 3. The average molecular weight is 266 g/mol. The van der Waals surface area contributed by atoms with Crippen LogP contribution < -0.4 is 10.5 Å². The summed E-state index contributed by atoms with van der Waals surface area (Å²) in [5.41, 5.74) is 5.63. The highest BCUT2D eigenvalue weighted by molar-refractivity contribution is 8.93. The van der Waals surface area contributed by atoms with E-state index >= 15 is 0 Å². The third-order valence-electron chi connectivity index (χ3n) is 1.78. The lowest BCUT2D eigenvalue weighted by atomic mass is 10.1. The van der Waals surface area contributed by atoms with Crippen LogP contribution in [0.5, 0.6) is 5.75 Å². The largest absolute Gasteiger partial charge is 0.493 e. The monoisotopic (exact) mass is 265 g/mol. The molecule has 0 aliphatic rings. The van der Waals surface area contributed by atoms with E-state index in [-0.39, 0.29) is 29.3 Å². The van der Waals surface area contributed by atoms with Crippen molar-refractivity contribution >= 4 is 17.0 Å². The van der Waals surface area contributed by atoms with Crippen molar-refractivity contribution in [3.05, 3.63) is 29.6 Å². The molecule has 0 aliphatic heterocycles. The Morgan fingerprint density at radius 1 is 1.57 bits per heavy atom. The SMILES string of the molecule is Br.COc1c(F)cccc1C(O)CN. The minimum Gasteiger partial charge on any atom is -0.493 e. The third-order valence-corrected chi connectivity index (χ3v) is 1.78. The molecule has 0 spiro atoms. The molecule has 0 saturated carbocycles. The zero-order chi connectivity index (χ0) is 9.84. The van der Waals surface area contributed by atoms with Crippen molar-refractivity contribution in [1.29, 1.82) is 0 Å². The van der Waals surface area contributed by atoms with E-state index in [1.165, 1.54) is 19.2 Å². The summed E-state index contributed by atoms with van der Waals surface area (Å²) in [6.07, 6.45) is -0.884. The van der Waals surface area contributed by atoms with Crippen LogP contribution in [0.2, 0.25) is 0 Å². The second-order valence-corrected chi connectivity index (χ2v) is 2.61. The molecule has 3 nitrogen and oxygen atoms in total. The topological polar surface area (TPSA) is 55.5 Å². The van der Waals surface area contributed by atoms with E-state index in [2.05, 4.69) is 0 Å². The molecule has 14 heavy (non-hydrogen) atoms. The fourth-order valence-electron chi connectivity index (χ4n) is 1.13. The predicted molar refractivity (Wildman–Crippen MR) is 57.3 cm³/mol. The van der Waals surface area contributed by atoms with Crippen molar-refractivity contribution in [3.8, 4) is 5.75 Å². The van der Waals surface area contributed by atoms with Crippen LogP contribution in [0.25, 0.3) is 0 Å². The number of aliphatic hydroxyl groups excluding tert-OH is 1. The Kier molecular flexibility index (Phi) is 5.68. The highest BCUT2D eigenvalue weighted by atomic mass is 79.9. The van der Waals surface area contributed by atoms with Crippen LogP contribution in [0.1, 0.15) is 11.7 Å². The Morgan fingerprint density at radius 2 is 2.21 bits per heavy atom. The van der Waals surface area contributed by atoms with Gasteiger partial charge in [-0.05, 0) is 6.07 Å². The van der Waals surface area contributed by atoms with Gasteiger partial charge in [0.1, 0.15) is 0 Å². The van der Waals surface area contributed by atoms with Crippen LogP contribution in [-0.4, -0.2) is 18.8 Å². The summed E-state index contributed by atoms with van der Waals surface area (Å²) in [7, 11) is 1.35. The number of hydrogen-bond donors (Lipinski definition) is 2. The molecule has 1 aromatic rings. The molecule has 1 aromatic carbocycles. The van der Waals surface area contributed by atoms with Crippen LogP contribution in [0.3, 0.4) is 0 Å². The van der Waals surface area contributed by atoms with Gasteiger partial charge < -0.3 is 15.6 Å². The van der Waals surface area contributed by atoms with E-state index < -0.39 is 11.9 Å². The molecular weight excluding hydrogens is 253 g/mol. The van der Waals surface area contributed by atoms with Crippen molar-refractivity contribution in [1.82, 2.24) is 0 Å². The van der Waals surface area contributed by atoms with Crippen molar-refractivity contribution in [3.63, 3.8) is 0 Å². The molecular formula is C9H13BrFNO2. The molecule has 0 aromatic heterocycles. The molecule has 0 amide bonds. The lowest BCUT2D eigenvalue weighted by molar-refractivity contribution is 0.181. The van der Waals surface area contributed by atoms with Gasteiger partial charge in [-0.1, -0.05) is 12.1 Å². The minimum atomic E-state index is -0.884. The van der Waals surface area contributed by atoms with Gasteiger partial charge in [0.25, 0.3) is 0 Å². The van der Waals surface area contributed by atoms with Crippen LogP contribution in [-0.2, 0) is 0 Å². The molecule has 0 fully saturated rings. The molecule has 1 unspecified atom stereocenters. The fourth-order valence-corrected chi connectivity index (χ4v) is 1.13. The number of benzene rings is 1. The van der Waals surface area contributed by atoms with Crippen molar-refractivity contribution in [2.24, 2.45) is 5.73 Å². The van der Waals surface area contributed by atoms with E-state index in [0.717, 1.165) is 0 Å². The van der Waals surface area contributed by atoms with Gasteiger partial charge >= 0.3 is 0 Å². The van der Waals surface area contributed by atoms with E-state index in [1.54, 1.807) is 6.07 Å². The van der Waals surface area contributed by atoms with Crippen molar-refractivity contribution in [2.45, 2.75) is 6.10 Å². The zero-order valence-electron chi connectivity index (χ0n) is 7.74. The van der Waals surface area contributed by atoms with Gasteiger partial charge in [-0.15, -0.1) is 17.0 Å². The summed E-state index contributed by atoms with van der Waals surface area (Å²) >= 11 is 0. The first-order valence-electron chi connectivity index (χ1n) is 3.91. The maximum Gasteiger partial charge on any atom is 0.165 e. The van der Waals surface area contributed by atoms with Gasteiger partial charge in [0.2, 0.25) is 0 Å². The van der Waals surface area contributed by atoms with Gasteiger partial charge in [0, 0.05) is 12.1 Å². The second-order valence-electron chi connectivity index (χ2n) is 2.61. The molecule has 0 radical (unpaired) electrons. The summed E-state index contributed by atoms with van der Waals surface area (Å²) in [5.74, 6) is -0.437. The molecule has 0 saturated heterocycles. The first-order valence-corrected chi connectivity index (χ1v) is 3.91. The molecule has 0 bridgehead atoms. The maximum atomic E-state index is 13.1. The third kappa shape index (κ3) is 2.67. The van der Waals surface area contributed by atoms with E-state index in [0.29, 0.717) is 5.56 Å². The van der Waals surface area contributed by atoms with Crippen LogP contribution in [0.4, 0.5) is 4.39 Å². The van der Waals surface area contributed by atoms with Gasteiger partial charge in [-0.25, -0.2) is 4.39 Å². The number of ether oxygens (including phenoxy) is 1. The number of aliphatic hydroxyl groups is 1.